The highest BCUT2D eigenvalue weighted by Gasteiger charge is 2.56. The van der Waals surface area contributed by atoms with Crippen LogP contribution in [0.2, 0.25) is 0 Å². The van der Waals surface area contributed by atoms with Crippen LogP contribution in [0.1, 0.15) is 90.0 Å². The van der Waals surface area contributed by atoms with Crippen molar-refractivity contribution < 1.29 is 24.9 Å². The lowest BCUT2D eigenvalue weighted by molar-refractivity contribution is -0.143. The van der Waals surface area contributed by atoms with E-state index in [1.165, 1.54) is 4.90 Å². The highest BCUT2D eigenvalue weighted by Crippen LogP contribution is 2.48. The predicted molar refractivity (Wildman–Crippen MR) is 152 cm³/mol. The standard InChI is InChI=1S/C31H42BrNO5/c1-3-8-19(15-21-16-22(32)12-14-26(21)35)11-13-27(36)28-20(4-2)17-24-29(25(28)18-34)31(38)33(30(24)37)23-9-6-5-7-10-23/h12,14-16,23-25,27,29,34-36H,3-11,13,17-18H2,1-2H3/b19-15+/t24-,25+,27-,29-/m1/s1. The number of allylic oxidation sites excluding steroid dienone is 2. The molecule has 2 aliphatic carbocycles. The van der Waals surface area contributed by atoms with E-state index in [0.29, 0.717) is 25.7 Å². The number of amides is 2. The Kier molecular flexibility index (Phi) is 9.88. The predicted octanol–water partition coefficient (Wildman–Crippen LogP) is 6.13. The van der Waals surface area contributed by atoms with Gasteiger partial charge in [0.2, 0.25) is 11.8 Å². The minimum atomic E-state index is -0.800. The third-order valence-electron chi connectivity index (χ3n) is 8.80. The number of aliphatic hydroxyl groups is 2. The Labute approximate surface area is 234 Å². The first-order valence-electron chi connectivity index (χ1n) is 14.4. The summed E-state index contributed by atoms with van der Waals surface area (Å²) in [5.41, 5.74) is 3.64. The van der Waals surface area contributed by atoms with Gasteiger partial charge in [-0.2, -0.15) is 0 Å². The van der Waals surface area contributed by atoms with Crippen molar-refractivity contribution in [3.05, 3.63) is 45.0 Å². The zero-order valence-corrected chi connectivity index (χ0v) is 24.3. The Balaban J connectivity index is 1.56. The molecule has 0 unspecified atom stereocenters. The second kappa shape index (κ2) is 12.9. The number of hydrogen-bond donors (Lipinski definition) is 3. The first-order chi connectivity index (χ1) is 18.3. The van der Waals surface area contributed by atoms with E-state index in [9.17, 15) is 24.9 Å². The molecule has 0 radical (unpaired) electrons. The summed E-state index contributed by atoms with van der Waals surface area (Å²) in [4.78, 5) is 28.7. The molecule has 0 aromatic heterocycles. The van der Waals surface area contributed by atoms with Gasteiger partial charge >= 0.3 is 0 Å². The van der Waals surface area contributed by atoms with Crippen LogP contribution in [0.25, 0.3) is 6.08 Å². The van der Waals surface area contributed by atoms with E-state index in [0.717, 1.165) is 71.7 Å². The number of fused-ring (bicyclic) bond motifs is 1. The molecule has 3 aliphatic rings. The molecule has 7 heteroatoms. The molecule has 1 heterocycles. The minimum absolute atomic E-state index is 0.0247. The number of aromatic hydroxyl groups is 1. The maximum Gasteiger partial charge on any atom is 0.234 e. The number of rotatable bonds is 10. The fraction of sp³-hybridized carbons (Fsp3) is 0.613. The van der Waals surface area contributed by atoms with Gasteiger partial charge in [0.1, 0.15) is 5.75 Å². The van der Waals surface area contributed by atoms with Gasteiger partial charge in [-0.05, 0) is 68.7 Å². The number of hydrogen-bond acceptors (Lipinski definition) is 5. The molecule has 1 aromatic rings. The zero-order chi connectivity index (χ0) is 27.4. The molecule has 0 spiro atoms. The summed E-state index contributed by atoms with van der Waals surface area (Å²) in [5.74, 6) is -1.56. The van der Waals surface area contributed by atoms with Gasteiger partial charge < -0.3 is 15.3 Å². The Morgan fingerprint density at radius 2 is 1.87 bits per heavy atom. The second-order valence-electron chi connectivity index (χ2n) is 11.2. The molecule has 4 atom stereocenters. The zero-order valence-electron chi connectivity index (χ0n) is 22.7. The van der Waals surface area contributed by atoms with Gasteiger partial charge in [0.05, 0.1) is 24.5 Å². The van der Waals surface area contributed by atoms with Gasteiger partial charge in [-0.3, -0.25) is 14.5 Å². The molecular formula is C31H42BrNO5. The SMILES string of the molecule is CCC/C(=C\c1cc(Br)ccc1O)CC[C@@H](O)C1=C(CC)C[C@H]2C(=O)N(C3CCCCC3)C(=O)[C@H]2[C@H]1CO. The number of nitrogens with zero attached hydrogens (tertiary/aromatic N) is 1. The molecule has 1 aromatic carbocycles. The summed E-state index contributed by atoms with van der Waals surface area (Å²) in [7, 11) is 0. The monoisotopic (exact) mass is 587 g/mol. The summed E-state index contributed by atoms with van der Waals surface area (Å²) >= 11 is 3.46. The minimum Gasteiger partial charge on any atom is -0.507 e. The van der Waals surface area contributed by atoms with Crippen LogP contribution >= 0.6 is 15.9 Å². The number of halogens is 1. The number of benzene rings is 1. The lowest BCUT2D eigenvalue weighted by Crippen LogP contribution is -2.42. The molecule has 3 N–H and O–H groups in total. The summed E-state index contributed by atoms with van der Waals surface area (Å²) in [5, 5.41) is 32.3. The van der Waals surface area contributed by atoms with E-state index >= 15 is 0 Å². The molecule has 38 heavy (non-hydrogen) atoms. The van der Waals surface area contributed by atoms with Crippen molar-refractivity contribution >= 4 is 33.8 Å². The Morgan fingerprint density at radius 3 is 2.53 bits per heavy atom. The molecule has 1 saturated heterocycles. The average molecular weight is 589 g/mol. The van der Waals surface area contributed by atoms with Crippen LogP contribution in [0.5, 0.6) is 5.75 Å². The molecule has 6 nitrogen and oxygen atoms in total. The van der Waals surface area contributed by atoms with Crippen LogP contribution in [0.3, 0.4) is 0 Å². The first kappa shape index (κ1) is 29.0. The Hall–Kier alpha value is -1.96. The maximum absolute atomic E-state index is 13.6. The number of phenols is 1. The molecule has 1 aliphatic heterocycles. The lowest BCUT2D eigenvalue weighted by Gasteiger charge is -2.36. The number of imide groups is 1. The second-order valence-corrected chi connectivity index (χ2v) is 12.1. The lowest BCUT2D eigenvalue weighted by atomic mass is 9.67. The van der Waals surface area contributed by atoms with E-state index < -0.39 is 23.9 Å². The quantitative estimate of drug-likeness (QED) is 0.226. The number of aliphatic hydroxyl groups excluding tert-OH is 2. The van der Waals surface area contributed by atoms with Crippen molar-refractivity contribution in [3.8, 4) is 5.75 Å². The van der Waals surface area contributed by atoms with Crippen LogP contribution in [0.15, 0.2) is 39.4 Å². The largest absolute Gasteiger partial charge is 0.507 e. The third-order valence-corrected chi connectivity index (χ3v) is 9.29. The molecule has 1 saturated carbocycles. The van der Waals surface area contributed by atoms with Crippen molar-refractivity contribution in [1.29, 1.82) is 0 Å². The summed E-state index contributed by atoms with van der Waals surface area (Å²) in [6.45, 7) is 3.88. The van der Waals surface area contributed by atoms with E-state index in [4.69, 9.17) is 0 Å². The molecule has 0 bridgehead atoms. The van der Waals surface area contributed by atoms with Crippen molar-refractivity contribution in [2.75, 3.05) is 6.61 Å². The number of phenolic OH excluding ortho intramolecular Hbond substituents is 1. The first-order valence-corrected chi connectivity index (χ1v) is 15.2. The highest BCUT2D eigenvalue weighted by atomic mass is 79.9. The summed E-state index contributed by atoms with van der Waals surface area (Å²) < 4.78 is 0.885. The van der Waals surface area contributed by atoms with E-state index in [1.807, 2.05) is 19.1 Å². The number of likely N-dealkylation sites (tertiary alicyclic amines) is 1. The Bertz CT molecular complexity index is 1090. The van der Waals surface area contributed by atoms with E-state index in [1.54, 1.807) is 12.1 Å². The molecule has 2 amide bonds. The van der Waals surface area contributed by atoms with Gasteiger partial charge in [-0.25, -0.2) is 0 Å². The van der Waals surface area contributed by atoms with Gasteiger partial charge in [-0.1, -0.05) is 72.7 Å². The van der Waals surface area contributed by atoms with Crippen LogP contribution in [0.4, 0.5) is 0 Å². The molecule has 2 fully saturated rings. The van der Waals surface area contributed by atoms with Crippen LogP contribution in [0, 0.1) is 17.8 Å². The summed E-state index contributed by atoms with van der Waals surface area (Å²) in [6, 6.07) is 5.31. The number of carbonyl (C=O) groups is 2. The fourth-order valence-electron chi connectivity index (χ4n) is 6.95. The van der Waals surface area contributed by atoms with E-state index in [-0.39, 0.29) is 30.2 Å². The van der Waals surface area contributed by atoms with Crippen LogP contribution in [-0.2, 0) is 9.59 Å². The molecule has 208 valence electrons. The third kappa shape index (κ3) is 5.95. The smallest absolute Gasteiger partial charge is 0.234 e. The van der Waals surface area contributed by atoms with Crippen molar-refractivity contribution in [1.82, 2.24) is 4.90 Å². The van der Waals surface area contributed by atoms with Gasteiger partial charge in [0, 0.05) is 22.0 Å². The van der Waals surface area contributed by atoms with Crippen molar-refractivity contribution in [2.24, 2.45) is 17.8 Å². The van der Waals surface area contributed by atoms with Crippen LogP contribution < -0.4 is 0 Å². The van der Waals surface area contributed by atoms with Gasteiger partial charge in [0.15, 0.2) is 0 Å². The summed E-state index contributed by atoms with van der Waals surface area (Å²) in [6.07, 6.45) is 10.2. The average Bonchev–Trinajstić information content (AvgIpc) is 3.17. The van der Waals surface area contributed by atoms with E-state index in [2.05, 4.69) is 22.9 Å². The number of carbonyl (C=O) groups excluding carboxylic acids is 2. The fourth-order valence-corrected chi connectivity index (χ4v) is 7.33. The topological polar surface area (TPSA) is 98.1 Å². The maximum atomic E-state index is 13.6. The normalized spacial score (nSPS) is 25.8. The molecular weight excluding hydrogens is 546 g/mol. The molecule has 4 rings (SSSR count). The van der Waals surface area contributed by atoms with Gasteiger partial charge in [-0.15, -0.1) is 0 Å². The van der Waals surface area contributed by atoms with Gasteiger partial charge in [0.25, 0.3) is 0 Å². The van der Waals surface area contributed by atoms with Crippen molar-refractivity contribution in [3.63, 3.8) is 0 Å². The van der Waals surface area contributed by atoms with Crippen LogP contribution in [-0.4, -0.2) is 50.8 Å². The Morgan fingerprint density at radius 1 is 1.13 bits per heavy atom. The highest BCUT2D eigenvalue weighted by molar-refractivity contribution is 9.10. The van der Waals surface area contributed by atoms with Crippen molar-refractivity contribution in [2.45, 2.75) is 96.6 Å².